The van der Waals surface area contributed by atoms with Crippen molar-refractivity contribution in [1.29, 1.82) is 0 Å². The average molecular weight is 269 g/mol. The zero-order chi connectivity index (χ0) is 8.77. The van der Waals surface area contributed by atoms with Gasteiger partial charge in [-0.25, -0.2) is 8.42 Å². The molecule has 1 aromatic heterocycles. The molecule has 0 saturated carbocycles. The number of nitrogens with zero attached hydrogens (tertiary/aromatic N) is 2. The van der Waals surface area contributed by atoms with E-state index in [1.54, 1.807) is 12.3 Å². The minimum absolute atomic E-state index is 0. The summed E-state index contributed by atoms with van der Waals surface area (Å²) in [6.07, 6.45) is 1.61. The molecule has 0 amide bonds. The summed E-state index contributed by atoms with van der Waals surface area (Å²) in [7, 11) is -3.26. The summed E-state index contributed by atoms with van der Waals surface area (Å²) >= 11 is 0. The van der Waals surface area contributed by atoms with Crippen LogP contribution in [0, 0.1) is 6.92 Å². The number of rotatable bonds is 0. The van der Waals surface area contributed by atoms with Crippen LogP contribution < -0.4 is 58.2 Å². The van der Waals surface area contributed by atoms with Crippen LogP contribution in [0.25, 0.3) is 4.72 Å². The van der Waals surface area contributed by atoms with Crippen LogP contribution in [-0.4, -0.2) is 13.4 Å². The van der Waals surface area contributed by atoms with Gasteiger partial charge in [0.05, 0.1) is 5.75 Å². The van der Waals surface area contributed by atoms with E-state index >= 15 is 0 Å². The van der Waals surface area contributed by atoms with Crippen LogP contribution in [0.5, 0.6) is 0 Å². The van der Waals surface area contributed by atoms with Gasteiger partial charge in [-0.3, -0.25) is 0 Å². The van der Waals surface area contributed by atoms with Crippen LogP contribution in [0.1, 0.15) is 11.1 Å². The van der Waals surface area contributed by atoms with Gasteiger partial charge in [0.1, 0.15) is 0 Å². The predicted octanol–water partition coefficient (Wildman–Crippen LogP) is -1.76. The van der Waals surface area contributed by atoms with Crippen LogP contribution >= 0.6 is 0 Å². The van der Waals surface area contributed by atoms with Crippen molar-refractivity contribution >= 4 is 15.8 Å². The van der Waals surface area contributed by atoms with Crippen LogP contribution in [0.15, 0.2) is 12.3 Å². The van der Waals surface area contributed by atoms with Crippen molar-refractivity contribution in [2.75, 3.05) is 0 Å². The first-order valence-corrected chi connectivity index (χ1v) is 5.09. The van der Waals surface area contributed by atoms with Gasteiger partial charge >= 0.3 is 58.2 Å². The van der Waals surface area contributed by atoms with Gasteiger partial charge < -0.3 is 9.71 Å². The third-order valence-electron chi connectivity index (χ3n) is 1.64. The van der Waals surface area contributed by atoms with E-state index in [0.717, 1.165) is 5.56 Å². The molecular weight excluding hydrogens is 262 g/mol. The fourth-order valence-corrected chi connectivity index (χ4v) is 2.27. The maximum atomic E-state index is 11.0. The molecule has 2 heterocycles. The van der Waals surface area contributed by atoms with Gasteiger partial charge in [0, 0.05) is 0 Å². The fourth-order valence-electron chi connectivity index (χ4n) is 1.17. The van der Waals surface area contributed by atoms with Gasteiger partial charge in [0.25, 0.3) is 0 Å². The molecule has 1 aliphatic heterocycles. The minimum atomic E-state index is -3.26. The number of sulfonamides is 1. The minimum Gasteiger partial charge on any atom is -0.442 e. The second-order valence-electron chi connectivity index (χ2n) is 2.81. The van der Waals surface area contributed by atoms with Crippen molar-refractivity contribution in [3.63, 3.8) is 0 Å². The summed E-state index contributed by atoms with van der Waals surface area (Å²) in [5, 5.41) is 0. The Kier molecular flexibility index (Phi) is 3.68. The first kappa shape index (κ1) is 11.8. The molecule has 2 rings (SSSR count). The van der Waals surface area contributed by atoms with E-state index in [9.17, 15) is 8.42 Å². The maximum Gasteiger partial charge on any atom is 1.00 e. The molecule has 0 spiro atoms. The number of aryl methyl sites for hydroxylation is 1. The maximum absolute atomic E-state index is 11.0. The molecule has 0 unspecified atom stereocenters. The summed E-state index contributed by atoms with van der Waals surface area (Å²) in [5.41, 5.74) is 1.66. The van der Waals surface area contributed by atoms with Crippen molar-refractivity contribution in [2.24, 2.45) is 0 Å². The predicted molar refractivity (Wildman–Crippen MR) is 44.6 cm³/mol. The summed E-state index contributed by atoms with van der Waals surface area (Å²) in [4.78, 5) is 3.91. The van der Waals surface area contributed by atoms with E-state index in [0.29, 0.717) is 11.4 Å². The van der Waals surface area contributed by atoms with Crippen LogP contribution in [-0.2, 0) is 15.8 Å². The van der Waals surface area contributed by atoms with Crippen LogP contribution in [0.2, 0.25) is 0 Å². The van der Waals surface area contributed by atoms with E-state index in [4.69, 9.17) is 0 Å². The fraction of sp³-hybridized carbons (Fsp3) is 0.286. The number of aromatic nitrogens is 1. The number of hydrogen-bond acceptors (Lipinski definition) is 3. The zero-order valence-electron chi connectivity index (χ0n) is 7.48. The van der Waals surface area contributed by atoms with Gasteiger partial charge in [-0.1, -0.05) is 17.8 Å². The molecule has 0 radical (unpaired) electrons. The summed E-state index contributed by atoms with van der Waals surface area (Å²) < 4.78 is 25.5. The third-order valence-corrected chi connectivity index (χ3v) is 2.77. The second-order valence-corrected chi connectivity index (χ2v) is 4.45. The SMILES string of the molecule is Cc1cnc2c(c1)CS(=O)(=O)[N-]2.[Rb+]. The molecule has 13 heavy (non-hydrogen) atoms. The van der Waals surface area contributed by atoms with E-state index in [2.05, 4.69) is 9.71 Å². The monoisotopic (exact) mass is 268 g/mol. The smallest absolute Gasteiger partial charge is 0.442 e. The van der Waals surface area contributed by atoms with E-state index in [1.165, 1.54) is 0 Å². The first-order valence-electron chi connectivity index (χ1n) is 3.48. The molecule has 1 aromatic rings. The topological polar surface area (TPSA) is 61.1 Å². The normalized spacial score (nSPS) is 17.0. The van der Waals surface area contributed by atoms with Crippen molar-refractivity contribution < 1.29 is 66.6 Å². The van der Waals surface area contributed by atoms with Gasteiger partial charge in [-0.2, -0.15) is 0 Å². The molecule has 0 atom stereocenters. The van der Waals surface area contributed by atoms with Crippen LogP contribution in [0.4, 0.5) is 5.82 Å². The van der Waals surface area contributed by atoms with Crippen molar-refractivity contribution in [2.45, 2.75) is 12.7 Å². The van der Waals surface area contributed by atoms with Gasteiger partial charge in [0.15, 0.2) is 10.0 Å². The van der Waals surface area contributed by atoms with E-state index in [-0.39, 0.29) is 63.9 Å². The van der Waals surface area contributed by atoms with Crippen molar-refractivity contribution in [3.8, 4) is 0 Å². The Morgan fingerprint density at radius 2 is 2.23 bits per heavy atom. The first-order chi connectivity index (χ1) is 5.57. The van der Waals surface area contributed by atoms with Crippen molar-refractivity contribution in [3.05, 3.63) is 28.1 Å². The molecule has 6 heteroatoms. The standard InChI is InChI=1S/C7H7N2O2S.Rb/c1-5-2-6-4-12(10,11)9-7(6)8-3-5;/h2-3H,4H2,1H3;/q-1;+1. The average Bonchev–Trinajstić information content (AvgIpc) is 2.21. The quantitative estimate of drug-likeness (QED) is 0.560. The summed E-state index contributed by atoms with van der Waals surface area (Å²) in [6.45, 7) is 1.87. The van der Waals surface area contributed by atoms with E-state index in [1.807, 2.05) is 6.92 Å². The Balaban J connectivity index is 0.000000845. The molecule has 4 nitrogen and oxygen atoms in total. The number of pyridine rings is 1. The van der Waals surface area contributed by atoms with E-state index < -0.39 is 10.0 Å². The molecule has 1 aliphatic rings. The molecule has 0 aliphatic carbocycles. The molecule has 0 saturated heterocycles. The van der Waals surface area contributed by atoms with Crippen molar-refractivity contribution in [1.82, 2.24) is 4.98 Å². The molecule has 0 N–H and O–H groups in total. The number of fused-ring (bicyclic) bond motifs is 1. The second kappa shape index (κ2) is 4.06. The third kappa shape index (κ3) is 2.59. The Hall–Kier alpha value is 0.705. The Morgan fingerprint density at radius 1 is 1.54 bits per heavy atom. The molecule has 0 fully saturated rings. The zero-order valence-corrected chi connectivity index (χ0v) is 13.2. The van der Waals surface area contributed by atoms with Gasteiger partial charge in [0.2, 0.25) is 0 Å². The largest absolute Gasteiger partial charge is 1.00 e. The molecule has 64 valence electrons. The summed E-state index contributed by atoms with van der Waals surface area (Å²) in [6, 6.07) is 1.80. The van der Waals surface area contributed by atoms with Gasteiger partial charge in [-0.15, -0.1) is 0 Å². The summed E-state index contributed by atoms with van der Waals surface area (Å²) in [5.74, 6) is 0.345. The Bertz CT molecular complexity index is 430. The number of hydrogen-bond donors (Lipinski definition) is 0. The van der Waals surface area contributed by atoms with Crippen LogP contribution in [0.3, 0.4) is 0 Å². The molecular formula is C7H7N2O2RbS. The Labute approximate surface area is 126 Å². The Morgan fingerprint density at radius 3 is 2.92 bits per heavy atom. The van der Waals surface area contributed by atoms with Gasteiger partial charge in [-0.05, 0) is 18.3 Å². The molecule has 0 aromatic carbocycles. The molecule has 0 bridgehead atoms.